The molecule has 3 saturated heterocycles. The minimum Gasteiger partial charge on any atom is -0.460 e. The largest absolute Gasteiger partial charge is 0.460 e. The average Bonchev–Trinajstić information content (AvgIpc) is 3.91. The molecular formula is C47H54N4O11. The van der Waals surface area contributed by atoms with E-state index in [1.807, 2.05) is 48.5 Å². The number of hydrogen-bond donors (Lipinski definition) is 3. The molecule has 0 radical (unpaired) electrons. The molecule has 2 aliphatic carbocycles. The Morgan fingerprint density at radius 2 is 1.68 bits per heavy atom. The van der Waals surface area contributed by atoms with E-state index < -0.39 is 77.1 Å². The maximum absolute atomic E-state index is 15.0. The number of rotatable bonds is 13. The first-order valence-electron chi connectivity index (χ1n) is 21.1. The van der Waals surface area contributed by atoms with Gasteiger partial charge in [-0.05, 0) is 73.2 Å². The van der Waals surface area contributed by atoms with Crippen molar-refractivity contribution in [3.8, 4) is 0 Å². The SMILES string of the molecule is CN(C)C(=O)C=Cc1cccc(CN2OC3C4OC5(Cc6ccccc6C5)OC4C4CC3(C(=O)NCc3cccc(C(=O)NC(CO)CCC(=O)OC(C)(C)C)c3)C2C(=O)O4)c1. The Bertz CT molecular complexity index is 2250. The number of nitrogens with zero attached hydrogens (tertiary/aromatic N) is 2. The van der Waals surface area contributed by atoms with Gasteiger partial charge in [-0.2, -0.15) is 5.06 Å². The fourth-order valence-electron chi connectivity index (χ4n) is 9.38. The van der Waals surface area contributed by atoms with Crippen LogP contribution in [0.25, 0.3) is 6.08 Å². The summed E-state index contributed by atoms with van der Waals surface area (Å²) in [4.78, 5) is 75.3. The molecule has 3 heterocycles. The molecule has 2 bridgehead atoms. The summed E-state index contributed by atoms with van der Waals surface area (Å²) in [6.07, 6.45) is 1.42. The van der Waals surface area contributed by atoms with E-state index in [2.05, 4.69) is 10.6 Å². The van der Waals surface area contributed by atoms with Crippen molar-refractivity contribution in [2.45, 2.75) is 114 Å². The summed E-state index contributed by atoms with van der Waals surface area (Å²) in [6.45, 7) is 5.08. The molecule has 3 N–H and O–H groups in total. The number of hydrogen-bond acceptors (Lipinski definition) is 12. The van der Waals surface area contributed by atoms with Gasteiger partial charge in [-0.1, -0.05) is 60.7 Å². The van der Waals surface area contributed by atoms with E-state index in [0.29, 0.717) is 24.0 Å². The molecule has 5 aliphatic rings. The first-order valence-corrected chi connectivity index (χ1v) is 21.1. The summed E-state index contributed by atoms with van der Waals surface area (Å²) >= 11 is 0. The van der Waals surface area contributed by atoms with Crippen LogP contribution in [0.1, 0.15) is 78.2 Å². The Morgan fingerprint density at radius 3 is 2.39 bits per heavy atom. The van der Waals surface area contributed by atoms with Crippen molar-refractivity contribution >= 4 is 35.7 Å². The van der Waals surface area contributed by atoms with Crippen LogP contribution in [0.3, 0.4) is 0 Å². The summed E-state index contributed by atoms with van der Waals surface area (Å²) in [5, 5.41) is 17.4. The van der Waals surface area contributed by atoms with Crippen molar-refractivity contribution in [1.82, 2.24) is 20.6 Å². The van der Waals surface area contributed by atoms with E-state index in [1.165, 1.54) is 16.0 Å². The molecule has 328 valence electrons. The summed E-state index contributed by atoms with van der Waals surface area (Å²) in [7, 11) is 3.35. The van der Waals surface area contributed by atoms with Gasteiger partial charge in [0.25, 0.3) is 5.91 Å². The second-order valence-corrected chi connectivity index (χ2v) is 18.1. The van der Waals surface area contributed by atoms with Gasteiger partial charge in [0.2, 0.25) is 11.8 Å². The average molecular weight is 851 g/mol. The van der Waals surface area contributed by atoms with Gasteiger partial charge in [-0.3, -0.25) is 28.8 Å². The van der Waals surface area contributed by atoms with Crippen molar-refractivity contribution in [3.05, 3.63) is 112 Å². The van der Waals surface area contributed by atoms with Crippen molar-refractivity contribution in [3.63, 3.8) is 0 Å². The van der Waals surface area contributed by atoms with Gasteiger partial charge in [-0.25, -0.2) is 0 Å². The zero-order chi connectivity index (χ0) is 44.0. The summed E-state index contributed by atoms with van der Waals surface area (Å²) in [5.74, 6) is -3.09. The van der Waals surface area contributed by atoms with Crippen molar-refractivity contribution in [1.29, 1.82) is 0 Å². The highest BCUT2D eigenvalue weighted by molar-refractivity contribution is 5.95. The van der Waals surface area contributed by atoms with Gasteiger partial charge < -0.3 is 39.6 Å². The van der Waals surface area contributed by atoms with Crippen LogP contribution in [0, 0.1) is 5.41 Å². The summed E-state index contributed by atoms with van der Waals surface area (Å²) < 4.78 is 25.1. The molecule has 3 aromatic rings. The van der Waals surface area contributed by atoms with Gasteiger partial charge in [-0.15, -0.1) is 0 Å². The van der Waals surface area contributed by atoms with Crippen LogP contribution in [0.4, 0.5) is 0 Å². The van der Waals surface area contributed by atoms with Crippen LogP contribution in [-0.2, 0) is 68.9 Å². The second kappa shape index (κ2) is 17.0. The number of amides is 3. The van der Waals surface area contributed by atoms with Gasteiger partial charge >= 0.3 is 11.9 Å². The zero-order valence-corrected chi connectivity index (χ0v) is 35.6. The molecule has 1 spiro atoms. The zero-order valence-electron chi connectivity index (χ0n) is 35.6. The van der Waals surface area contributed by atoms with Crippen molar-refractivity contribution < 1.29 is 52.9 Å². The highest BCUT2D eigenvalue weighted by atomic mass is 16.8. The first kappa shape index (κ1) is 43.2. The molecule has 3 amide bonds. The Kier molecular flexibility index (Phi) is 11.9. The van der Waals surface area contributed by atoms with Gasteiger partial charge in [0.15, 0.2) is 11.8 Å². The van der Waals surface area contributed by atoms with Crippen molar-refractivity contribution in [2.24, 2.45) is 5.41 Å². The summed E-state index contributed by atoms with van der Waals surface area (Å²) in [6, 6.07) is 20.5. The number of fused-ring (bicyclic) bond motifs is 5. The molecule has 15 nitrogen and oxygen atoms in total. The molecule has 7 atom stereocenters. The molecule has 3 aliphatic heterocycles. The third-order valence-corrected chi connectivity index (χ3v) is 12.2. The molecular weight excluding hydrogens is 797 g/mol. The minimum absolute atomic E-state index is 0.0183. The molecule has 1 saturated carbocycles. The molecule has 7 unspecified atom stereocenters. The van der Waals surface area contributed by atoms with Gasteiger partial charge in [0.05, 0.1) is 19.2 Å². The number of carbonyl (C=O) groups excluding carboxylic acids is 5. The van der Waals surface area contributed by atoms with E-state index >= 15 is 0 Å². The standard InChI is InChI=1S/C47H54N4O11/c1-45(2,3)59-37(54)19-17-34(27-52)49-42(55)31-15-9-11-29(21-31)25-48-44(57)47-24-35-38-39(61-46(60-38)22-32-13-6-7-14-33(32)23-46)41(47)62-51(40(47)43(56)58-35)26-30-12-8-10-28(20-30)16-18-36(53)50(4)5/h6-16,18,20-21,34-35,38-41,52H,17,19,22-27H2,1-5H3,(H,48,57)(H,49,55). The number of esters is 2. The van der Waals surface area contributed by atoms with Crippen LogP contribution in [0.2, 0.25) is 0 Å². The predicted octanol–water partition coefficient (Wildman–Crippen LogP) is 3.40. The fraction of sp³-hybridized carbons (Fsp3) is 0.468. The maximum atomic E-state index is 15.0. The lowest BCUT2D eigenvalue weighted by Gasteiger charge is -2.48. The van der Waals surface area contributed by atoms with Gasteiger partial charge in [0, 0.05) is 58.0 Å². The van der Waals surface area contributed by atoms with E-state index in [4.69, 9.17) is 23.8 Å². The normalized spacial score (nSPS) is 26.1. The second-order valence-electron chi connectivity index (χ2n) is 18.1. The van der Waals surface area contributed by atoms with Crippen LogP contribution in [-0.4, -0.2) is 113 Å². The van der Waals surface area contributed by atoms with Crippen LogP contribution >= 0.6 is 0 Å². The number of hydroxylamine groups is 2. The molecule has 3 aromatic carbocycles. The fourth-order valence-corrected chi connectivity index (χ4v) is 9.38. The van der Waals surface area contributed by atoms with E-state index in [-0.39, 0.29) is 44.9 Å². The topological polar surface area (TPSA) is 182 Å². The lowest BCUT2D eigenvalue weighted by atomic mass is 9.62. The molecule has 4 fully saturated rings. The third-order valence-electron chi connectivity index (χ3n) is 12.2. The monoisotopic (exact) mass is 850 g/mol. The maximum Gasteiger partial charge on any atom is 0.327 e. The highest BCUT2D eigenvalue weighted by Gasteiger charge is 2.76. The molecule has 62 heavy (non-hydrogen) atoms. The number of aliphatic hydroxyl groups excluding tert-OH is 1. The lowest BCUT2D eigenvalue weighted by Crippen LogP contribution is -2.69. The number of aliphatic hydroxyl groups is 1. The lowest BCUT2D eigenvalue weighted by molar-refractivity contribution is -0.217. The molecule has 8 rings (SSSR count). The minimum atomic E-state index is -1.44. The van der Waals surface area contributed by atoms with Crippen LogP contribution < -0.4 is 10.6 Å². The Morgan fingerprint density at radius 1 is 0.968 bits per heavy atom. The predicted molar refractivity (Wildman–Crippen MR) is 223 cm³/mol. The Hall–Kier alpha value is -5.45. The quantitative estimate of drug-likeness (QED) is 0.169. The Labute approximate surface area is 360 Å². The molecule has 15 heteroatoms. The van der Waals surface area contributed by atoms with E-state index in [0.717, 1.165) is 22.3 Å². The van der Waals surface area contributed by atoms with Crippen molar-refractivity contribution in [2.75, 3.05) is 20.7 Å². The van der Waals surface area contributed by atoms with E-state index in [9.17, 15) is 29.1 Å². The van der Waals surface area contributed by atoms with Crippen LogP contribution in [0.5, 0.6) is 0 Å². The summed E-state index contributed by atoms with van der Waals surface area (Å²) in [5.41, 5.74) is 2.59. The first-order chi connectivity index (χ1) is 29.6. The third kappa shape index (κ3) is 8.64. The highest BCUT2D eigenvalue weighted by Crippen LogP contribution is 2.58. The number of ether oxygens (including phenoxy) is 4. The number of likely N-dealkylation sites (N-methyl/N-ethyl adjacent to an activating group) is 1. The van der Waals surface area contributed by atoms with Gasteiger partial charge in [0.1, 0.15) is 35.4 Å². The number of nitrogens with one attached hydrogen (secondary N) is 2. The smallest absolute Gasteiger partial charge is 0.327 e. The Balaban J connectivity index is 1.03. The number of benzene rings is 3. The van der Waals surface area contributed by atoms with E-state index in [1.54, 1.807) is 65.2 Å². The molecule has 0 aromatic heterocycles. The number of carbonyl (C=O) groups is 5. The van der Waals surface area contributed by atoms with Crippen LogP contribution in [0.15, 0.2) is 78.9 Å².